The number of nitro groups is 1. The van der Waals surface area contributed by atoms with Crippen LogP contribution in [0, 0.1) is 16.0 Å². The van der Waals surface area contributed by atoms with E-state index in [1.165, 1.54) is 6.20 Å². The van der Waals surface area contributed by atoms with Gasteiger partial charge in [-0.1, -0.05) is 0 Å². The topological polar surface area (TPSA) is 140 Å². The lowest BCUT2D eigenvalue weighted by Crippen LogP contribution is -2.30. The molecule has 10 nitrogen and oxygen atoms in total. The average molecular weight is 365 g/mol. The quantitative estimate of drug-likeness (QED) is 0.510. The van der Waals surface area contributed by atoms with Crippen molar-refractivity contribution in [1.29, 1.82) is 0 Å². The number of carboxylic acid groups (broad SMARTS) is 1. The van der Waals surface area contributed by atoms with E-state index in [0.717, 1.165) is 12.8 Å². The Morgan fingerprint density at radius 2 is 1.81 bits per heavy atom. The van der Waals surface area contributed by atoms with Crippen molar-refractivity contribution >= 4 is 23.4 Å². The standard InChI is InChI=1S/C16H23N5O5/c22-15(23)10-1-3-11(4-2-10)18-14-13(21(24)25)9-17-16(20-14)19-12-5-7-26-8-6-12/h9-12H,1-8H2,(H,22,23)(H2,17,18,19,20)/t10-,11-. The Bertz CT molecular complexity index is 656. The van der Waals surface area contributed by atoms with Crippen LogP contribution in [0.1, 0.15) is 38.5 Å². The fourth-order valence-electron chi connectivity index (χ4n) is 3.39. The molecule has 0 unspecified atom stereocenters. The van der Waals surface area contributed by atoms with Gasteiger partial charge < -0.3 is 20.5 Å². The number of nitrogens with zero attached hydrogens (tertiary/aromatic N) is 3. The summed E-state index contributed by atoms with van der Waals surface area (Å²) in [5.74, 6) is -0.582. The summed E-state index contributed by atoms with van der Waals surface area (Å²) in [6.45, 7) is 1.34. The highest BCUT2D eigenvalue weighted by molar-refractivity contribution is 5.70. The molecule has 1 saturated heterocycles. The molecule has 3 rings (SSSR count). The Labute approximate surface area is 150 Å². The number of rotatable bonds is 6. The Hall–Kier alpha value is -2.49. The highest BCUT2D eigenvalue weighted by atomic mass is 16.6. The summed E-state index contributed by atoms with van der Waals surface area (Å²) in [5.41, 5.74) is -0.178. The maximum atomic E-state index is 11.3. The third-order valence-electron chi connectivity index (χ3n) is 4.94. The molecule has 2 aliphatic rings. The second-order valence-electron chi connectivity index (χ2n) is 6.75. The molecule has 1 aromatic rings. The van der Waals surface area contributed by atoms with Crippen molar-refractivity contribution in [1.82, 2.24) is 9.97 Å². The maximum Gasteiger partial charge on any atom is 0.329 e. The van der Waals surface area contributed by atoms with E-state index in [1.54, 1.807) is 0 Å². The fraction of sp³-hybridized carbons (Fsp3) is 0.688. The van der Waals surface area contributed by atoms with Crippen LogP contribution in [-0.4, -0.2) is 51.3 Å². The molecule has 0 bridgehead atoms. The first-order chi connectivity index (χ1) is 12.5. The lowest BCUT2D eigenvalue weighted by molar-refractivity contribution is -0.384. The van der Waals surface area contributed by atoms with Gasteiger partial charge in [-0.05, 0) is 38.5 Å². The number of hydrogen-bond acceptors (Lipinski definition) is 8. The maximum absolute atomic E-state index is 11.3. The first kappa shape index (κ1) is 18.3. The van der Waals surface area contributed by atoms with Gasteiger partial charge in [-0.15, -0.1) is 0 Å². The lowest BCUT2D eigenvalue weighted by atomic mass is 9.86. The summed E-state index contributed by atoms with van der Waals surface area (Å²) < 4.78 is 5.31. The Balaban J connectivity index is 1.68. The lowest BCUT2D eigenvalue weighted by Gasteiger charge is -2.27. The second-order valence-corrected chi connectivity index (χ2v) is 6.75. The normalized spacial score (nSPS) is 24.0. The summed E-state index contributed by atoms with van der Waals surface area (Å²) in [6.07, 6.45) is 5.27. The van der Waals surface area contributed by atoms with E-state index in [9.17, 15) is 14.9 Å². The number of aromatic nitrogens is 2. The number of nitrogens with one attached hydrogen (secondary N) is 2. The van der Waals surface area contributed by atoms with Crippen LogP contribution >= 0.6 is 0 Å². The number of anilines is 2. The van der Waals surface area contributed by atoms with Gasteiger partial charge >= 0.3 is 11.7 Å². The molecule has 1 saturated carbocycles. The third-order valence-corrected chi connectivity index (χ3v) is 4.94. The van der Waals surface area contributed by atoms with Gasteiger partial charge in [0.25, 0.3) is 0 Å². The van der Waals surface area contributed by atoms with Crippen molar-refractivity contribution in [3.63, 3.8) is 0 Å². The summed E-state index contributed by atoms with van der Waals surface area (Å²) in [4.78, 5) is 30.2. The second kappa shape index (κ2) is 8.26. The van der Waals surface area contributed by atoms with Gasteiger partial charge in [0.15, 0.2) is 0 Å². The number of carbonyl (C=O) groups is 1. The molecule has 3 N–H and O–H groups in total. The van der Waals surface area contributed by atoms with Crippen molar-refractivity contribution in [2.75, 3.05) is 23.8 Å². The number of carboxylic acids is 1. The molecule has 142 valence electrons. The number of hydrogen-bond donors (Lipinski definition) is 3. The molecule has 1 aliphatic carbocycles. The summed E-state index contributed by atoms with van der Waals surface area (Å²) >= 11 is 0. The molecule has 0 atom stereocenters. The molecule has 0 aromatic carbocycles. The monoisotopic (exact) mass is 365 g/mol. The molecule has 2 fully saturated rings. The Kier molecular flexibility index (Phi) is 5.82. The molecule has 1 aliphatic heterocycles. The zero-order valence-corrected chi connectivity index (χ0v) is 14.4. The molecule has 0 amide bonds. The molecular weight excluding hydrogens is 342 g/mol. The Morgan fingerprint density at radius 3 is 2.42 bits per heavy atom. The molecule has 26 heavy (non-hydrogen) atoms. The highest BCUT2D eigenvalue weighted by Gasteiger charge is 2.28. The van der Waals surface area contributed by atoms with E-state index in [0.29, 0.717) is 44.8 Å². The smallest absolute Gasteiger partial charge is 0.329 e. The summed E-state index contributed by atoms with van der Waals surface area (Å²) in [5, 5.41) is 26.7. The van der Waals surface area contributed by atoms with Crippen molar-refractivity contribution < 1.29 is 19.6 Å². The molecule has 0 spiro atoms. The van der Waals surface area contributed by atoms with Crippen LogP contribution in [0.4, 0.5) is 17.5 Å². The zero-order chi connectivity index (χ0) is 18.5. The number of ether oxygens (including phenoxy) is 1. The van der Waals surface area contributed by atoms with Crippen LogP contribution in [-0.2, 0) is 9.53 Å². The van der Waals surface area contributed by atoms with Crippen LogP contribution in [0.3, 0.4) is 0 Å². The van der Waals surface area contributed by atoms with Crippen LogP contribution in [0.25, 0.3) is 0 Å². The van der Waals surface area contributed by atoms with E-state index < -0.39 is 10.9 Å². The van der Waals surface area contributed by atoms with Crippen LogP contribution in [0.15, 0.2) is 6.20 Å². The first-order valence-electron chi connectivity index (χ1n) is 8.88. The van der Waals surface area contributed by atoms with E-state index in [4.69, 9.17) is 9.84 Å². The van der Waals surface area contributed by atoms with Gasteiger partial charge in [0.05, 0.1) is 10.8 Å². The predicted molar refractivity (Wildman–Crippen MR) is 93.2 cm³/mol. The SMILES string of the molecule is O=C(O)[C@H]1CC[C@H](Nc2nc(NC3CCOCC3)ncc2[N+](=O)[O-])CC1. The van der Waals surface area contributed by atoms with Crippen LogP contribution < -0.4 is 10.6 Å². The van der Waals surface area contributed by atoms with E-state index in [-0.39, 0.29) is 29.5 Å². The van der Waals surface area contributed by atoms with E-state index in [1.807, 2.05) is 0 Å². The van der Waals surface area contributed by atoms with Gasteiger partial charge in [0.2, 0.25) is 11.8 Å². The van der Waals surface area contributed by atoms with Crippen molar-refractivity contribution in [3.8, 4) is 0 Å². The van der Waals surface area contributed by atoms with Crippen molar-refractivity contribution in [2.45, 2.75) is 50.6 Å². The van der Waals surface area contributed by atoms with Crippen molar-refractivity contribution in [2.24, 2.45) is 5.92 Å². The van der Waals surface area contributed by atoms with Gasteiger partial charge in [0, 0.05) is 25.3 Å². The van der Waals surface area contributed by atoms with Gasteiger partial charge in [-0.3, -0.25) is 14.9 Å². The minimum absolute atomic E-state index is 0.0323. The van der Waals surface area contributed by atoms with Crippen LogP contribution in [0.5, 0.6) is 0 Å². The minimum Gasteiger partial charge on any atom is -0.481 e. The Morgan fingerprint density at radius 1 is 1.15 bits per heavy atom. The van der Waals surface area contributed by atoms with Gasteiger partial charge in [-0.25, -0.2) is 4.98 Å². The third kappa shape index (κ3) is 4.57. The largest absolute Gasteiger partial charge is 0.481 e. The fourth-order valence-corrected chi connectivity index (χ4v) is 3.39. The number of aliphatic carboxylic acids is 1. The van der Waals surface area contributed by atoms with Gasteiger partial charge in [0.1, 0.15) is 6.20 Å². The van der Waals surface area contributed by atoms with Crippen LogP contribution in [0.2, 0.25) is 0 Å². The molecular formula is C16H23N5O5. The highest BCUT2D eigenvalue weighted by Crippen LogP contribution is 2.30. The van der Waals surface area contributed by atoms with E-state index >= 15 is 0 Å². The summed E-state index contributed by atoms with van der Waals surface area (Å²) in [7, 11) is 0. The molecule has 2 heterocycles. The molecule has 1 aromatic heterocycles. The minimum atomic E-state index is -0.778. The van der Waals surface area contributed by atoms with Crippen molar-refractivity contribution in [3.05, 3.63) is 16.3 Å². The van der Waals surface area contributed by atoms with Gasteiger partial charge in [-0.2, -0.15) is 4.98 Å². The average Bonchev–Trinajstić information content (AvgIpc) is 2.63. The molecule has 0 radical (unpaired) electrons. The summed E-state index contributed by atoms with van der Waals surface area (Å²) in [6, 6.07) is 0.152. The van der Waals surface area contributed by atoms with E-state index in [2.05, 4.69) is 20.6 Å². The molecule has 10 heteroatoms. The first-order valence-corrected chi connectivity index (χ1v) is 8.88. The zero-order valence-electron chi connectivity index (χ0n) is 14.4. The predicted octanol–water partition coefficient (Wildman–Crippen LogP) is 2.03.